The van der Waals surface area contributed by atoms with E-state index in [1.807, 2.05) is 42.5 Å². The molecule has 0 aliphatic rings. The van der Waals surface area contributed by atoms with Gasteiger partial charge in [-0.05, 0) is 28.5 Å². The summed E-state index contributed by atoms with van der Waals surface area (Å²) < 4.78 is 6.12. The number of ether oxygens (including phenoxy) is 1. The lowest BCUT2D eigenvalue weighted by Crippen LogP contribution is -2.30. The van der Waals surface area contributed by atoms with Gasteiger partial charge in [0.05, 0.1) is 23.3 Å². The Morgan fingerprint density at radius 3 is 2.81 bits per heavy atom. The normalized spacial score (nSPS) is 10.9. The van der Waals surface area contributed by atoms with Crippen molar-refractivity contribution in [1.82, 2.24) is 10.4 Å². The lowest BCUT2D eigenvalue weighted by atomic mass is 10.0. The first-order valence-corrected chi connectivity index (χ1v) is 9.49. The molecule has 0 aliphatic heterocycles. The van der Waals surface area contributed by atoms with Crippen molar-refractivity contribution in [2.24, 2.45) is 0 Å². The molecule has 0 radical (unpaired) electrons. The summed E-state index contributed by atoms with van der Waals surface area (Å²) in [5.74, 6) is 0.490. The van der Waals surface area contributed by atoms with Gasteiger partial charge < -0.3 is 4.74 Å². The minimum Gasteiger partial charge on any atom is -0.494 e. The highest BCUT2D eigenvalue weighted by Crippen LogP contribution is 2.37. The van der Waals surface area contributed by atoms with E-state index in [1.54, 1.807) is 19.2 Å². The number of rotatable bonds is 5. The summed E-state index contributed by atoms with van der Waals surface area (Å²) in [5.41, 5.74) is 7.22. The fraction of sp³-hybridized carbons (Fsp3) is 0.100. The van der Waals surface area contributed by atoms with Crippen molar-refractivity contribution in [3.63, 3.8) is 0 Å². The predicted molar refractivity (Wildman–Crippen MR) is 111 cm³/mol. The van der Waals surface area contributed by atoms with Gasteiger partial charge in [0, 0.05) is 0 Å². The van der Waals surface area contributed by atoms with E-state index < -0.39 is 0 Å². The van der Waals surface area contributed by atoms with Gasteiger partial charge in [0.2, 0.25) is 11.0 Å². The van der Waals surface area contributed by atoms with Crippen LogP contribution in [-0.4, -0.2) is 18.0 Å². The molecular formula is C20H16ClN3O2S. The third-order valence-corrected chi connectivity index (χ3v) is 5.65. The van der Waals surface area contributed by atoms with Crippen LogP contribution in [0.4, 0.5) is 5.13 Å². The van der Waals surface area contributed by atoms with E-state index in [1.165, 1.54) is 11.3 Å². The summed E-state index contributed by atoms with van der Waals surface area (Å²) in [6, 6.07) is 17.5. The number of hydrogen-bond acceptors (Lipinski definition) is 5. The molecule has 0 spiro atoms. The van der Waals surface area contributed by atoms with Crippen molar-refractivity contribution < 1.29 is 9.53 Å². The molecule has 7 heteroatoms. The molecular weight excluding hydrogens is 382 g/mol. The van der Waals surface area contributed by atoms with Gasteiger partial charge in [-0.3, -0.25) is 15.6 Å². The van der Waals surface area contributed by atoms with E-state index in [-0.39, 0.29) is 12.3 Å². The van der Waals surface area contributed by atoms with Gasteiger partial charge in [-0.15, -0.1) is 0 Å². The molecule has 0 fully saturated rings. The number of amides is 1. The number of fused-ring (bicyclic) bond motifs is 2. The summed E-state index contributed by atoms with van der Waals surface area (Å²) in [6.07, 6.45) is 0.267. The summed E-state index contributed by atoms with van der Waals surface area (Å²) in [5, 5.41) is 3.33. The fourth-order valence-corrected chi connectivity index (χ4v) is 4.07. The molecule has 2 N–H and O–H groups in total. The Morgan fingerprint density at radius 2 is 1.96 bits per heavy atom. The molecule has 4 rings (SSSR count). The first-order chi connectivity index (χ1) is 13.2. The molecule has 0 aliphatic carbocycles. The van der Waals surface area contributed by atoms with E-state index in [9.17, 15) is 4.79 Å². The third kappa shape index (κ3) is 3.54. The van der Waals surface area contributed by atoms with Crippen molar-refractivity contribution >= 4 is 55.0 Å². The SMILES string of the molecule is COc1ccc(Cl)c2sc(NNC(=O)Cc3cccc4ccccc34)nc12. The van der Waals surface area contributed by atoms with Crippen LogP contribution in [0.15, 0.2) is 54.6 Å². The number of carbonyl (C=O) groups excluding carboxylic acids is 1. The van der Waals surface area contributed by atoms with Crippen LogP contribution < -0.4 is 15.6 Å². The Hall–Kier alpha value is -2.83. The number of thiazole rings is 1. The van der Waals surface area contributed by atoms with Crippen LogP contribution in [0.5, 0.6) is 5.75 Å². The summed E-state index contributed by atoms with van der Waals surface area (Å²) in [4.78, 5) is 16.8. The molecule has 0 saturated carbocycles. The second kappa shape index (κ2) is 7.42. The maximum Gasteiger partial charge on any atom is 0.242 e. The summed E-state index contributed by atoms with van der Waals surface area (Å²) >= 11 is 7.58. The van der Waals surface area contributed by atoms with Crippen LogP contribution in [0.3, 0.4) is 0 Å². The zero-order valence-electron chi connectivity index (χ0n) is 14.5. The zero-order valence-corrected chi connectivity index (χ0v) is 16.0. The first-order valence-electron chi connectivity index (χ1n) is 8.30. The lowest BCUT2D eigenvalue weighted by Gasteiger charge is -2.08. The predicted octanol–water partition coefficient (Wildman–Crippen LogP) is 4.80. The standard InChI is InChI=1S/C20H16ClN3O2S/c1-26-16-10-9-15(21)19-18(16)22-20(27-19)24-23-17(25)11-13-7-4-6-12-5-2-3-8-14(12)13/h2-10H,11H2,1H3,(H,22,24)(H,23,25). The average molecular weight is 398 g/mol. The zero-order chi connectivity index (χ0) is 18.8. The van der Waals surface area contributed by atoms with E-state index in [2.05, 4.69) is 15.8 Å². The molecule has 0 unspecified atom stereocenters. The van der Waals surface area contributed by atoms with E-state index in [4.69, 9.17) is 16.3 Å². The smallest absolute Gasteiger partial charge is 0.242 e. The topological polar surface area (TPSA) is 63.2 Å². The molecule has 27 heavy (non-hydrogen) atoms. The molecule has 1 amide bonds. The number of nitrogens with one attached hydrogen (secondary N) is 2. The average Bonchev–Trinajstić information content (AvgIpc) is 3.12. The van der Waals surface area contributed by atoms with Crippen LogP contribution in [0, 0.1) is 0 Å². The van der Waals surface area contributed by atoms with Crippen LogP contribution in [0.25, 0.3) is 21.0 Å². The number of aromatic nitrogens is 1. The highest BCUT2D eigenvalue weighted by Gasteiger charge is 2.13. The van der Waals surface area contributed by atoms with Crippen molar-refractivity contribution in [1.29, 1.82) is 0 Å². The van der Waals surface area contributed by atoms with Gasteiger partial charge in [-0.25, -0.2) is 4.98 Å². The number of hydrogen-bond donors (Lipinski definition) is 2. The monoisotopic (exact) mass is 397 g/mol. The number of nitrogens with zero attached hydrogens (tertiary/aromatic N) is 1. The van der Waals surface area contributed by atoms with E-state index in [0.29, 0.717) is 21.4 Å². The van der Waals surface area contributed by atoms with Gasteiger partial charge in [-0.1, -0.05) is 65.4 Å². The first kappa shape index (κ1) is 17.6. The van der Waals surface area contributed by atoms with Crippen LogP contribution >= 0.6 is 22.9 Å². The number of benzene rings is 3. The second-order valence-corrected chi connectivity index (χ2v) is 7.34. The number of hydrazine groups is 1. The maximum absolute atomic E-state index is 12.4. The summed E-state index contributed by atoms with van der Waals surface area (Å²) in [6.45, 7) is 0. The lowest BCUT2D eigenvalue weighted by molar-refractivity contribution is -0.119. The fourth-order valence-electron chi connectivity index (χ4n) is 2.96. The van der Waals surface area contributed by atoms with Crippen LogP contribution in [0.2, 0.25) is 5.02 Å². The van der Waals surface area contributed by atoms with Crippen molar-refractivity contribution in [3.8, 4) is 5.75 Å². The Bertz CT molecular complexity index is 1140. The molecule has 5 nitrogen and oxygen atoms in total. The number of anilines is 1. The maximum atomic E-state index is 12.4. The van der Waals surface area contributed by atoms with Gasteiger partial charge in [0.25, 0.3) is 0 Å². The van der Waals surface area contributed by atoms with Crippen molar-refractivity contribution in [2.75, 3.05) is 12.5 Å². The molecule has 1 aromatic heterocycles. The van der Waals surface area contributed by atoms with Gasteiger partial charge in [0.15, 0.2) is 0 Å². The Labute approximate surface area is 164 Å². The quantitative estimate of drug-likeness (QED) is 0.475. The van der Waals surface area contributed by atoms with Gasteiger partial charge >= 0.3 is 0 Å². The van der Waals surface area contributed by atoms with E-state index >= 15 is 0 Å². The molecule has 3 aromatic carbocycles. The molecule has 136 valence electrons. The van der Waals surface area contributed by atoms with Gasteiger partial charge in [0.1, 0.15) is 11.3 Å². The molecule has 0 bridgehead atoms. The van der Waals surface area contributed by atoms with Crippen LogP contribution in [-0.2, 0) is 11.2 Å². The summed E-state index contributed by atoms with van der Waals surface area (Å²) in [7, 11) is 1.58. The minimum absolute atomic E-state index is 0.149. The molecule has 4 aromatic rings. The van der Waals surface area contributed by atoms with Crippen LogP contribution in [0.1, 0.15) is 5.56 Å². The van der Waals surface area contributed by atoms with Crippen molar-refractivity contribution in [2.45, 2.75) is 6.42 Å². The third-order valence-electron chi connectivity index (χ3n) is 4.22. The molecule has 0 saturated heterocycles. The van der Waals surface area contributed by atoms with Gasteiger partial charge in [-0.2, -0.15) is 0 Å². The number of carbonyl (C=O) groups is 1. The Balaban J connectivity index is 1.49. The largest absolute Gasteiger partial charge is 0.494 e. The minimum atomic E-state index is -0.149. The highest BCUT2D eigenvalue weighted by molar-refractivity contribution is 7.22. The molecule has 0 atom stereocenters. The van der Waals surface area contributed by atoms with E-state index in [0.717, 1.165) is 21.0 Å². The highest BCUT2D eigenvalue weighted by atomic mass is 35.5. The molecule has 1 heterocycles. The Morgan fingerprint density at radius 1 is 1.15 bits per heavy atom. The second-order valence-electron chi connectivity index (χ2n) is 5.93. The number of halogens is 1. The van der Waals surface area contributed by atoms with Crippen molar-refractivity contribution in [3.05, 3.63) is 65.2 Å². The Kier molecular flexibility index (Phi) is 4.83. The number of methoxy groups -OCH3 is 1.